The van der Waals surface area contributed by atoms with Gasteiger partial charge in [0.1, 0.15) is 6.33 Å². The molecule has 3 aromatic rings. The van der Waals surface area contributed by atoms with Crippen molar-refractivity contribution in [2.24, 2.45) is 0 Å². The molecule has 0 atom stereocenters. The van der Waals surface area contributed by atoms with Gasteiger partial charge in [0, 0.05) is 29.9 Å². The van der Waals surface area contributed by atoms with Crippen molar-refractivity contribution in [3.63, 3.8) is 0 Å². The molecule has 156 valence electrons. The van der Waals surface area contributed by atoms with E-state index in [1.54, 1.807) is 0 Å². The second kappa shape index (κ2) is 8.19. The van der Waals surface area contributed by atoms with Crippen molar-refractivity contribution in [3.8, 4) is 0 Å². The van der Waals surface area contributed by atoms with Gasteiger partial charge in [-0.2, -0.15) is 0 Å². The topological polar surface area (TPSA) is 100 Å². The number of pyridine rings is 1. The van der Waals surface area contributed by atoms with Crippen molar-refractivity contribution in [2.45, 2.75) is 25.8 Å². The van der Waals surface area contributed by atoms with Crippen LogP contribution in [0.4, 0.5) is 23.0 Å². The number of piperidine rings is 1. The predicted molar refractivity (Wildman–Crippen MR) is 117 cm³/mol. The van der Waals surface area contributed by atoms with Gasteiger partial charge in [0.25, 0.3) is 0 Å². The Morgan fingerprint density at radius 2 is 1.97 bits per heavy atom. The van der Waals surface area contributed by atoms with Crippen molar-refractivity contribution in [1.29, 1.82) is 0 Å². The maximum atomic E-state index is 12.0. The molecule has 3 heterocycles. The molecule has 9 nitrogen and oxygen atoms in total. The number of rotatable bonds is 5. The molecule has 1 aliphatic heterocycles. The lowest BCUT2D eigenvalue weighted by atomic mass is 10.0. The summed E-state index contributed by atoms with van der Waals surface area (Å²) in [5.74, 6) is 0.513. The molecule has 9 heteroatoms. The highest BCUT2D eigenvalue weighted by molar-refractivity contribution is 5.94. The van der Waals surface area contributed by atoms with Gasteiger partial charge in [-0.15, -0.1) is 0 Å². The first-order chi connectivity index (χ1) is 14.4. The number of anilines is 3. The molecule has 0 saturated carbocycles. The Labute approximate surface area is 174 Å². The monoisotopic (exact) mass is 407 g/mol. The number of benzene rings is 1. The number of nitro groups is 1. The van der Waals surface area contributed by atoms with E-state index in [0.29, 0.717) is 5.82 Å². The fourth-order valence-corrected chi connectivity index (χ4v) is 3.94. The fraction of sp³-hybridized carbons (Fsp3) is 0.381. The summed E-state index contributed by atoms with van der Waals surface area (Å²) in [6, 6.07) is 9.73. The summed E-state index contributed by atoms with van der Waals surface area (Å²) < 4.78 is 0. The van der Waals surface area contributed by atoms with Gasteiger partial charge >= 0.3 is 5.69 Å². The summed E-state index contributed by atoms with van der Waals surface area (Å²) in [5.41, 5.74) is 2.33. The Bertz CT molecular complexity index is 1080. The Morgan fingerprint density at radius 1 is 1.20 bits per heavy atom. The summed E-state index contributed by atoms with van der Waals surface area (Å²) >= 11 is 0. The van der Waals surface area contributed by atoms with Crippen molar-refractivity contribution >= 4 is 33.9 Å². The van der Waals surface area contributed by atoms with E-state index in [4.69, 9.17) is 0 Å². The molecule has 1 aliphatic rings. The van der Waals surface area contributed by atoms with Gasteiger partial charge in [-0.05, 0) is 64.2 Å². The molecule has 0 bridgehead atoms. The summed E-state index contributed by atoms with van der Waals surface area (Å²) in [5, 5.41) is 16.0. The minimum atomic E-state index is -0.406. The molecule has 0 radical (unpaired) electrons. The fourth-order valence-electron chi connectivity index (χ4n) is 3.94. The normalized spacial score (nSPS) is 15.3. The highest BCUT2D eigenvalue weighted by Crippen LogP contribution is 2.36. The molecule has 0 aliphatic carbocycles. The van der Waals surface area contributed by atoms with Crippen LogP contribution in [0.5, 0.6) is 0 Å². The lowest BCUT2D eigenvalue weighted by molar-refractivity contribution is -0.383. The maximum absolute atomic E-state index is 12.0. The highest BCUT2D eigenvalue weighted by Gasteiger charge is 2.30. The first-order valence-corrected chi connectivity index (χ1v) is 9.98. The van der Waals surface area contributed by atoms with Crippen LogP contribution in [0, 0.1) is 17.0 Å². The van der Waals surface area contributed by atoms with Gasteiger partial charge in [-0.3, -0.25) is 15.1 Å². The molecule has 1 fully saturated rings. The second-order valence-electron chi connectivity index (χ2n) is 7.75. The van der Waals surface area contributed by atoms with Crippen LogP contribution in [0.3, 0.4) is 0 Å². The van der Waals surface area contributed by atoms with E-state index in [2.05, 4.69) is 32.2 Å². The zero-order valence-corrected chi connectivity index (χ0v) is 17.4. The third kappa shape index (κ3) is 3.88. The van der Waals surface area contributed by atoms with Gasteiger partial charge < -0.3 is 15.1 Å². The number of nitrogens with zero attached hydrogens (tertiary/aromatic N) is 6. The van der Waals surface area contributed by atoms with Crippen LogP contribution in [-0.4, -0.2) is 58.0 Å². The molecular formula is C21H25N7O2. The summed E-state index contributed by atoms with van der Waals surface area (Å²) in [7, 11) is 3.96. The third-order valence-electron chi connectivity index (χ3n) is 5.68. The second-order valence-corrected chi connectivity index (χ2v) is 7.75. The number of aromatic nitrogens is 3. The molecular weight excluding hydrogens is 382 g/mol. The molecule has 1 saturated heterocycles. The Kier molecular flexibility index (Phi) is 5.45. The third-order valence-corrected chi connectivity index (χ3v) is 5.68. The van der Waals surface area contributed by atoms with E-state index >= 15 is 0 Å². The minimum Gasteiger partial charge on any atom is -0.351 e. The average molecular weight is 407 g/mol. The van der Waals surface area contributed by atoms with E-state index in [9.17, 15) is 10.1 Å². The van der Waals surface area contributed by atoms with Crippen LogP contribution >= 0.6 is 0 Å². The molecule has 0 amide bonds. The summed E-state index contributed by atoms with van der Waals surface area (Å²) in [4.78, 5) is 28.8. The number of hydrogen-bond acceptors (Lipinski definition) is 8. The zero-order chi connectivity index (χ0) is 21.3. The van der Waals surface area contributed by atoms with Crippen molar-refractivity contribution in [1.82, 2.24) is 19.9 Å². The molecule has 1 aromatic carbocycles. The number of hydrogen-bond donors (Lipinski definition) is 1. The van der Waals surface area contributed by atoms with Gasteiger partial charge in [-0.25, -0.2) is 9.97 Å². The lowest BCUT2D eigenvalue weighted by Crippen LogP contribution is -2.42. The van der Waals surface area contributed by atoms with E-state index in [-0.39, 0.29) is 17.5 Å². The Hall–Kier alpha value is -3.33. The number of fused-ring (bicyclic) bond motifs is 1. The van der Waals surface area contributed by atoms with Gasteiger partial charge in [0.05, 0.1) is 10.4 Å². The quantitative estimate of drug-likeness (QED) is 0.506. The molecule has 4 rings (SSSR count). The summed E-state index contributed by atoms with van der Waals surface area (Å²) in [6.45, 7) is 3.85. The van der Waals surface area contributed by atoms with Crippen molar-refractivity contribution in [2.75, 3.05) is 37.4 Å². The lowest BCUT2D eigenvalue weighted by Gasteiger charge is -2.35. The van der Waals surface area contributed by atoms with E-state index < -0.39 is 4.92 Å². The van der Waals surface area contributed by atoms with Gasteiger partial charge in [-0.1, -0.05) is 6.07 Å². The molecule has 2 aromatic heterocycles. The summed E-state index contributed by atoms with van der Waals surface area (Å²) in [6.07, 6.45) is 3.25. The first-order valence-electron chi connectivity index (χ1n) is 9.98. The van der Waals surface area contributed by atoms with E-state index in [1.807, 2.05) is 49.2 Å². The Balaban J connectivity index is 1.71. The van der Waals surface area contributed by atoms with Crippen LogP contribution in [-0.2, 0) is 0 Å². The molecule has 1 N–H and O–H groups in total. The van der Waals surface area contributed by atoms with Gasteiger partial charge in [0.15, 0.2) is 0 Å². The Morgan fingerprint density at radius 3 is 2.70 bits per heavy atom. The van der Waals surface area contributed by atoms with Crippen LogP contribution in [0.2, 0.25) is 0 Å². The van der Waals surface area contributed by atoms with Crippen LogP contribution in [0.1, 0.15) is 18.5 Å². The molecule has 30 heavy (non-hydrogen) atoms. The van der Waals surface area contributed by atoms with E-state index in [1.165, 1.54) is 6.33 Å². The maximum Gasteiger partial charge on any atom is 0.353 e. The highest BCUT2D eigenvalue weighted by atomic mass is 16.6. The largest absolute Gasteiger partial charge is 0.353 e. The SMILES string of the molecule is Cc1ccc2c(Nc3ncnc(N(C)C4CCN(C)CC4)c3[N+](=O)[O-])cccc2n1. The first kappa shape index (κ1) is 20.0. The van der Waals surface area contributed by atoms with Gasteiger partial charge in [0.2, 0.25) is 11.6 Å². The molecule has 0 unspecified atom stereocenters. The number of aryl methyl sites for hydroxylation is 1. The standard InChI is InChI=1S/C21H25N7O2/c1-14-7-8-16-17(24-14)5-4-6-18(16)25-20-19(28(29)30)21(23-13-22-20)27(3)15-9-11-26(2)12-10-15/h4-8,13,15H,9-12H2,1-3H3,(H,22,23,25). The minimum absolute atomic E-state index is 0.115. The average Bonchev–Trinajstić information content (AvgIpc) is 2.73. The van der Waals surface area contributed by atoms with E-state index in [0.717, 1.165) is 48.2 Å². The van der Waals surface area contributed by atoms with Crippen LogP contribution < -0.4 is 10.2 Å². The molecule has 0 spiro atoms. The van der Waals surface area contributed by atoms with Crippen molar-refractivity contribution < 1.29 is 4.92 Å². The van der Waals surface area contributed by atoms with Crippen LogP contribution in [0.15, 0.2) is 36.7 Å². The number of nitrogens with one attached hydrogen (secondary N) is 1. The smallest absolute Gasteiger partial charge is 0.351 e. The number of likely N-dealkylation sites (tertiary alicyclic amines) is 1. The predicted octanol–water partition coefficient (Wildman–Crippen LogP) is 3.52. The van der Waals surface area contributed by atoms with Crippen LogP contribution in [0.25, 0.3) is 10.9 Å². The zero-order valence-electron chi connectivity index (χ0n) is 17.4. The van der Waals surface area contributed by atoms with Crippen molar-refractivity contribution in [3.05, 3.63) is 52.5 Å².